The molecule has 1 aromatic carbocycles. The molecule has 0 spiro atoms. The van der Waals surface area contributed by atoms with Gasteiger partial charge in [-0.25, -0.2) is 27.0 Å². The highest BCUT2D eigenvalue weighted by Crippen LogP contribution is 2.26. The quantitative estimate of drug-likeness (QED) is 0.615. The summed E-state index contributed by atoms with van der Waals surface area (Å²) in [6, 6.07) is 6.58. The van der Waals surface area contributed by atoms with Gasteiger partial charge in [0.2, 0.25) is 10.0 Å². The summed E-state index contributed by atoms with van der Waals surface area (Å²) in [5, 5.41) is 5.79. The highest BCUT2D eigenvalue weighted by Gasteiger charge is 2.27. The van der Waals surface area contributed by atoms with Crippen LogP contribution in [0.15, 0.2) is 46.8 Å². The summed E-state index contributed by atoms with van der Waals surface area (Å²) < 4.78 is 47.5. The van der Waals surface area contributed by atoms with Crippen molar-refractivity contribution in [2.45, 2.75) is 24.8 Å². The molecule has 0 aliphatic rings. The van der Waals surface area contributed by atoms with E-state index in [0.29, 0.717) is 16.9 Å². The Morgan fingerprint density at radius 1 is 1.29 bits per heavy atom. The van der Waals surface area contributed by atoms with E-state index in [1.807, 2.05) is 0 Å². The van der Waals surface area contributed by atoms with Gasteiger partial charge in [-0.1, -0.05) is 0 Å². The maximum atomic E-state index is 13.1. The standard InChI is InChI=1S/C18H18FN3O4S2/c1-11(21-28(24,25)16-8-9-27-17(16)18(23)26-3)15-10-20-22(12(15)2)14-6-4-13(19)5-7-14/h4-11,21H,1-3H3/t11-/m0/s1. The van der Waals surface area contributed by atoms with Crippen molar-refractivity contribution in [3.63, 3.8) is 0 Å². The number of hydrogen-bond donors (Lipinski definition) is 1. The molecule has 0 saturated heterocycles. The second kappa shape index (κ2) is 7.82. The molecule has 0 fully saturated rings. The largest absolute Gasteiger partial charge is 0.465 e. The number of halogens is 1. The highest BCUT2D eigenvalue weighted by molar-refractivity contribution is 7.89. The van der Waals surface area contributed by atoms with Crippen LogP contribution in [0.1, 0.15) is 33.9 Å². The SMILES string of the molecule is COC(=O)c1sccc1S(=O)(=O)N[C@@H](C)c1cnn(-c2ccc(F)cc2)c1C. The fourth-order valence-electron chi connectivity index (χ4n) is 2.80. The Labute approximate surface area is 165 Å². The van der Waals surface area contributed by atoms with Gasteiger partial charge in [-0.15, -0.1) is 11.3 Å². The molecule has 3 aromatic rings. The topological polar surface area (TPSA) is 90.3 Å². The molecule has 0 aliphatic heterocycles. The first-order valence-electron chi connectivity index (χ1n) is 8.23. The highest BCUT2D eigenvalue weighted by atomic mass is 32.2. The minimum Gasteiger partial charge on any atom is -0.465 e. The fraction of sp³-hybridized carbons (Fsp3) is 0.222. The molecule has 1 N–H and O–H groups in total. The monoisotopic (exact) mass is 423 g/mol. The maximum absolute atomic E-state index is 13.1. The summed E-state index contributed by atoms with van der Waals surface area (Å²) >= 11 is 0.997. The van der Waals surface area contributed by atoms with Crippen molar-refractivity contribution in [3.8, 4) is 5.69 Å². The van der Waals surface area contributed by atoms with E-state index in [1.54, 1.807) is 36.9 Å². The van der Waals surface area contributed by atoms with Crippen molar-refractivity contribution >= 4 is 27.3 Å². The molecule has 0 saturated carbocycles. The van der Waals surface area contributed by atoms with Crippen molar-refractivity contribution < 1.29 is 22.3 Å². The molecular formula is C18H18FN3O4S2. The van der Waals surface area contributed by atoms with Crippen LogP contribution in [0.2, 0.25) is 0 Å². The van der Waals surface area contributed by atoms with Crippen molar-refractivity contribution in [3.05, 3.63) is 63.9 Å². The molecule has 7 nitrogen and oxygen atoms in total. The third-order valence-electron chi connectivity index (χ3n) is 4.21. The summed E-state index contributed by atoms with van der Waals surface area (Å²) in [4.78, 5) is 11.7. The molecule has 3 rings (SSSR count). The van der Waals surface area contributed by atoms with Crippen molar-refractivity contribution in [2.24, 2.45) is 0 Å². The van der Waals surface area contributed by atoms with Gasteiger partial charge in [0.1, 0.15) is 15.6 Å². The van der Waals surface area contributed by atoms with Gasteiger partial charge in [0, 0.05) is 17.3 Å². The number of ether oxygens (including phenoxy) is 1. The number of sulfonamides is 1. The zero-order valence-corrected chi connectivity index (χ0v) is 17.0. The van der Waals surface area contributed by atoms with E-state index in [-0.39, 0.29) is 15.6 Å². The van der Waals surface area contributed by atoms with Crippen LogP contribution in [0.3, 0.4) is 0 Å². The predicted octanol–water partition coefficient (Wildman–Crippen LogP) is 3.21. The lowest BCUT2D eigenvalue weighted by Gasteiger charge is -2.14. The molecule has 10 heteroatoms. The third-order valence-corrected chi connectivity index (χ3v) is 6.81. The van der Waals surface area contributed by atoms with Crippen LogP contribution in [-0.4, -0.2) is 31.3 Å². The summed E-state index contributed by atoms with van der Waals surface area (Å²) in [6.45, 7) is 3.47. The van der Waals surface area contributed by atoms with Crippen molar-refractivity contribution in [1.29, 1.82) is 0 Å². The van der Waals surface area contributed by atoms with Crippen LogP contribution in [0.5, 0.6) is 0 Å². The Bertz CT molecular complexity index is 1100. The molecular weight excluding hydrogens is 405 g/mol. The lowest BCUT2D eigenvalue weighted by atomic mass is 10.1. The third kappa shape index (κ3) is 3.84. The van der Waals surface area contributed by atoms with Gasteiger partial charge in [0.25, 0.3) is 0 Å². The summed E-state index contributed by atoms with van der Waals surface area (Å²) in [5.74, 6) is -1.06. The average molecular weight is 423 g/mol. The first-order chi connectivity index (χ1) is 13.2. The van der Waals surface area contributed by atoms with Crippen LogP contribution in [-0.2, 0) is 14.8 Å². The number of esters is 1. The number of aromatic nitrogens is 2. The van der Waals surface area contributed by atoms with Crippen LogP contribution in [0, 0.1) is 12.7 Å². The van der Waals surface area contributed by atoms with E-state index in [9.17, 15) is 17.6 Å². The zero-order valence-electron chi connectivity index (χ0n) is 15.3. The van der Waals surface area contributed by atoms with Gasteiger partial charge in [0.05, 0.1) is 19.0 Å². The summed E-state index contributed by atoms with van der Waals surface area (Å²) in [5.41, 5.74) is 2.02. The first kappa shape index (κ1) is 20.2. The Balaban J connectivity index is 1.87. The fourth-order valence-corrected chi connectivity index (χ4v) is 5.36. The van der Waals surface area contributed by atoms with Gasteiger partial charge in [0.15, 0.2) is 0 Å². The van der Waals surface area contributed by atoms with E-state index >= 15 is 0 Å². The number of methoxy groups -OCH3 is 1. The number of nitrogens with zero attached hydrogens (tertiary/aromatic N) is 2. The van der Waals surface area contributed by atoms with Crippen molar-refractivity contribution in [2.75, 3.05) is 7.11 Å². The lowest BCUT2D eigenvalue weighted by Crippen LogP contribution is -2.28. The number of nitrogens with one attached hydrogen (secondary N) is 1. The Hall–Kier alpha value is -2.56. The van der Waals surface area contributed by atoms with Crippen LogP contribution in [0.4, 0.5) is 4.39 Å². The van der Waals surface area contributed by atoms with Gasteiger partial charge in [-0.05, 0) is 49.6 Å². The zero-order chi connectivity index (χ0) is 20.5. The molecule has 0 amide bonds. The second-order valence-electron chi connectivity index (χ2n) is 6.02. The maximum Gasteiger partial charge on any atom is 0.349 e. The molecule has 0 aliphatic carbocycles. The van der Waals surface area contributed by atoms with Gasteiger partial charge >= 0.3 is 5.97 Å². The molecule has 2 aromatic heterocycles. The number of carbonyl (C=O) groups is 1. The molecule has 0 bridgehead atoms. The van der Waals surface area contributed by atoms with Gasteiger partial charge < -0.3 is 4.74 Å². The number of benzene rings is 1. The summed E-state index contributed by atoms with van der Waals surface area (Å²) in [7, 11) is -2.76. The van der Waals surface area contributed by atoms with E-state index in [2.05, 4.69) is 14.6 Å². The normalized spacial score (nSPS) is 12.7. The van der Waals surface area contributed by atoms with Crippen LogP contribution in [0.25, 0.3) is 5.69 Å². The van der Waals surface area contributed by atoms with Crippen LogP contribution >= 0.6 is 11.3 Å². The predicted molar refractivity (Wildman–Crippen MR) is 103 cm³/mol. The van der Waals surface area contributed by atoms with E-state index < -0.39 is 22.0 Å². The van der Waals surface area contributed by atoms with Gasteiger partial charge in [-0.3, -0.25) is 0 Å². The molecule has 2 heterocycles. The van der Waals surface area contributed by atoms with E-state index in [1.165, 1.54) is 30.7 Å². The number of thiophene rings is 1. The molecule has 28 heavy (non-hydrogen) atoms. The molecule has 0 unspecified atom stereocenters. The minimum atomic E-state index is -3.95. The molecule has 0 radical (unpaired) electrons. The number of carbonyl (C=O) groups excluding carboxylic acids is 1. The van der Waals surface area contributed by atoms with Gasteiger partial charge in [-0.2, -0.15) is 5.10 Å². The molecule has 148 valence electrons. The van der Waals surface area contributed by atoms with E-state index in [0.717, 1.165) is 11.3 Å². The minimum absolute atomic E-state index is 0.0147. The number of hydrogen-bond acceptors (Lipinski definition) is 6. The Morgan fingerprint density at radius 2 is 1.96 bits per heavy atom. The first-order valence-corrected chi connectivity index (χ1v) is 10.6. The number of rotatable bonds is 6. The smallest absolute Gasteiger partial charge is 0.349 e. The lowest BCUT2D eigenvalue weighted by molar-refractivity contribution is 0.0602. The Kier molecular flexibility index (Phi) is 5.64. The van der Waals surface area contributed by atoms with Crippen LogP contribution < -0.4 is 4.72 Å². The second-order valence-corrected chi connectivity index (χ2v) is 8.62. The Morgan fingerprint density at radius 3 is 2.61 bits per heavy atom. The summed E-state index contributed by atoms with van der Waals surface area (Å²) in [6.07, 6.45) is 1.56. The van der Waals surface area contributed by atoms with Crippen molar-refractivity contribution in [1.82, 2.24) is 14.5 Å². The molecule has 1 atom stereocenters. The van der Waals surface area contributed by atoms with E-state index in [4.69, 9.17) is 0 Å². The average Bonchev–Trinajstić information content (AvgIpc) is 3.29.